The lowest BCUT2D eigenvalue weighted by Gasteiger charge is -2.20. The second-order valence-electron chi connectivity index (χ2n) is 5.75. The molecule has 0 aromatic heterocycles. The van der Waals surface area contributed by atoms with Gasteiger partial charge in [-0.25, -0.2) is 12.8 Å². The van der Waals surface area contributed by atoms with Crippen molar-refractivity contribution in [1.82, 2.24) is 4.31 Å². The number of sulfonamides is 1. The highest BCUT2D eigenvalue weighted by Gasteiger charge is 2.21. The molecule has 146 valence electrons. The van der Waals surface area contributed by atoms with E-state index < -0.39 is 28.3 Å². The first-order valence-electron chi connectivity index (χ1n) is 7.95. The smallest absolute Gasteiger partial charge is 0.239 e. The van der Waals surface area contributed by atoms with Gasteiger partial charge >= 0.3 is 0 Å². The van der Waals surface area contributed by atoms with Crippen molar-refractivity contribution in [2.45, 2.75) is 6.54 Å². The second kappa shape index (κ2) is 8.83. The number of nitrogens with one attached hydrogen (secondary N) is 1. The van der Waals surface area contributed by atoms with Crippen molar-refractivity contribution in [1.29, 1.82) is 0 Å². The molecule has 0 saturated carbocycles. The number of para-hydroxylation sites is 1. The minimum atomic E-state index is -3.69. The largest absolute Gasteiger partial charge is 0.493 e. The van der Waals surface area contributed by atoms with Crippen molar-refractivity contribution in [3.05, 3.63) is 53.8 Å². The third kappa shape index (κ3) is 5.66. The lowest BCUT2D eigenvalue weighted by atomic mass is 10.2. The van der Waals surface area contributed by atoms with Gasteiger partial charge in [-0.1, -0.05) is 18.2 Å². The lowest BCUT2D eigenvalue weighted by molar-refractivity contribution is -0.116. The van der Waals surface area contributed by atoms with Crippen LogP contribution in [0.1, 0.15) is 5.56 Å². The molecule has 0 unspecified atom stereocenters. The van der Waals surface area contributed by atoms with Gasteiger partial charge in [-0.05, 0) is 29.8 Å². The molecular formula is C18H21FN2O5S. The first kappa shape index (κ1) is 20.7. The summed E-state index contributed by atoms with van der Waals surface area (Å²) in [7, 11) is -0.726. The minimum Gasteiger partial charge on any atom is -0.493 e. The lowest BCUT2D eigenvalue weighted by Crippen LogP contribution is -2.37. The van der Waals surface area contributed by atoms with Crippen molar-refractivity contribution in [3.8, 4) is 11.5 Å². The van der Waals surface area contributed by atoms with Gasteiger partial charge in [-0.3, -0.25) is 4.79 Å². The number of methoxy groups -OCH3 is 2. The predicted octanol–water partition coefficient (Wildman–Crippen LogP) is 2.24. The molecule has 27 heavy (non-hydrogen) atoms. The van der Waals surface area contributed by atoms with Gasteiger partial charge in [0.15, 0.2) is 11.5 Å². The molecular weight excluding hydrogens is 375 g/mol. The molecule has 0 aliphatic carbocycles. The summed E-state index contributed by atoms with van der Waals surface area (Å²) in [4.78, 5) is 12.2. The maximum absolute atomic E-state index is 13.7. The predicted molar refractivity (Wildman–Crippen MR) is 99.8 cm³/mol. The Morgan fingerprint density at radius 1 is 1.11 bits per heavy atom. The second-order valence-corrected chi connectivity index (χ2v) is 7.73. The van der Waals surface area contributed by atoms with Crippen LogP contribution in [0.2, 0.25) is 0 Å². The molecule has 7 nitrogen and oxygen atoms in total. The molecule has 1 N–H and O–H groups in total. The topological polar surface area (TPSA) is 84.9 Å². The van der Waals surface area contributed by atoms with Gasteiger partial charge in [0.25, 0.3) is 0 Å². The van der Waals surface area contributed by atoms with Gasteiger partial charge in [0.2, 0.25) is 15.9 Å². The molecule has 2 aromatic carbocycles. The monoisotopic (exact) mass is 396 g/mol. The number of carbonyl (C=O) groups is 1. The molecule has 0 saturated heterocycles. The maximum Gasteiger partial charge on any atom is 0.239 e. The summed E-state index contributed by atoms with van der Waals surface area (Å²) in [6.45, 7) is -0.509. The van der Waals surface area contributed by atoms with E-state index >= 15 is 0 Å². The number of benzene rings is 2. The average molecular weight is 396 g/mol. The zero-order chi connectivity index (χ0) is 20.0. The Morgan fingerprint density at radius 2 is 1.78 bits per heavy atom. The zero-order valence-electron chi connectivity index (χ0n) is 15.2. The molecule has 0 heterocycles. The first-order chi connectivity index (χ1) is 12.7. The zero-order valence-corrected chi connectivity index (χ0v) is 16.0. The van der Waals surface area contributed by atoms with E-state index in [0.717, 1.165) is 10.6 Å². The number of hydrogen-bond acceptors (Lipinski definition) is 5. The number of hydrogen-bond donors (Lipinski definition) is 1. The fourth-order valence-electron chi connectivity index (χ4n) is 2.39. The maximum atomic E-state index is 13.7. The first-order valence-corrected chi connectivity index (χ1v) is 9.80. The number of ether oxygens (including phenoxy) is 2. The molecule has 0 atom stereocenters. The molecule has 0 aliphatic rings. The number of nitrogens with zero attached hydrogens (tertiary/aromatic N) is 1. The van der Waals surface area contributed by atoms with Gasteiger partial charge < -0.3 is 14.8 Å². The summed E-state index contributed by atoms with van der Waals surface area (Å²) in [5.74, 6) is -0.300. The van der Waals surface area contributed by atoms with Crippen LogP contribution in [0.4, 0.5) is 10.1 Å². The van der Waals surface area contributed by atoms with Crippen LogP contribution in [0, 0.1) is 5.82 Å². The number of anilines is 1. The normalized spacial score (nSPS) is 11.3. The van der Waals surface area contributed by atoms with Crippen LogP contribution in [0.15, 0.2) is 42.5 Å². The molecule has 0 spiro atoms. The fraction of sp³-hybridized carbons (Fsp3) is 0.278. The molecule has 9 heteroatoms. The fourth-order valence-corrected chi connectivity index (χ4v) is 3.12. The molecule has 2 rings (SSSR count). The Bertz CT molecular complexity index is 918. The SMILES string of the molecule is COc1ccc(CN(CC(=O)Nc2ccccc2F)S(C)(=O)=O)cc1OC. The van der Waals surface area contributed by atoms with Crippen molar-refractivity contribution in [3.63, 3.8) is 0 Å². The van der Waals surface area contributed by atoms with E-state index in [1.807, 2.05) is 0 Å². The highest BCUT2D eigenvalue weighted by Crippen LogP contribution is 2.28. The van der Waals surface area contributed by atoms with Crippen molar-refractivity contribution >= 4 is 21.6 Å². The summed E-state index contributed by atoms with van der Waals surface area (Å²) in [5.41, 5.74) is 0.596. The summed E-state index contributed by atoms with van der Waals surface area (Å²) < 4.78 is 49.2. The van der Waals surface area contributed by atoms with Crippen molar-refractivity contribution < 1.29 is 27.1 Å². The third-order valence-corrected chi connectivity index (χ3v) is 4.94. The van der Waals surface area contributed by atoms with E-state index in [2.05, 4.69) is 5.32 Å². The van der Waals surface area contributed by atoms with Crippen molar-refractivity contribution in [2.24, 2.45) is 0 Å². The number of amides is 1. The quantitative estimate of drug-likeness (QED) is 0.740. The van der Waals surface area contributed by atoms with Crippen LogP contribution >= 0.6 is 0 Å². The average Bonchev–Trinajstić information content (AvgIpc) is 2.62. The standard InChI is InChI=1S/C18H21FN2O5S/c1-25-16-9-8-13(10-17(16)26-2)11-21(27(3,23)24)12-18(22)20-15-7-5-4-6-14(15)19/h4-10H,11-12H2,1-3H3,(H,20,22). The Labute approximate surface area is 157 Å². The number of rotatable bonds is 8. The molecule has 0 fully saturated rings. The molecule has 1 amide bonds. The van der Waals surface area contributed by atoms with E-state index in [0.29, 0.717) is 17.1 Å². The Hall–Kier alpha value is -2.65. The molecule has 0 bridgehead atoms. The van der Waals surface area contributed by atoms with E-state index in [-0.39, 0.29) is 12.2 Å². The number of halogens is 1. The Morgan fingerprint density at radius 3 is 2.37 bits per heavy atom. The van der Waals surface area contributed by atoms with Crippen LogP contribution in [0.5, 0.6) is 11.5 Å². The number of carbonyl (C=O) groups excluding carboxylic acids is 1. The van der Waals surface area contributed by atoms with E-state index in [1.54, 1.807) is 24.3 Å². The Kier molecular flexibility index (Phi) is 6.75. The highest BCUT2D eigenvalue weighted by atomic mass is 32.2. The van der Waals surface area contributed by atoms with Gasteiger partial charge in [-0.15, -0.1) is 0 Å². The highest BCUT2D eigenvalue weighted by molar-refractivity contribution is 7.88. The van der Waals surface area contributed by atoms with Crippen LogP contribution in [0.25, 0.3) is 0 Å². The molecule has 0 aliphatic heterocycles. The van der Waals surface area contributed by atoms with Crippen LogP contribution < -0.4 is 14.8 Å². The van der Waals surface area contributed by atoms with Gasteiger partial charge in [-0.2, -0.15) is 4.31 Å². The Balaban J connectivity index is 2.17. The summed E-state index contributed by atoms with van der Waals surface area (Å²) >= 11 is 0. The summed E-state index contributed by atoms with van der Waals surface area (Å²) in [6.07, 6.45) is 1.00. The molecule has 0 radical (unpaired) electrons. The van der Waals surface area contributed by atoms with Gasteiger partial charge in [0.1, 0.15) is 5.82 Å². The van der Waals surface area contributed by atoms with Crippen LogP contribution in [0.3, 0.4) is 0 Å². The van der Waals surface area contributed by atoms with Crippen molar-refractivity contribution in [2.75, 3.05) is 32.3 Å². The van der Waals surface area contributed by atoms with Gasteiger partial charge in [0.05, 0.1) is 32.7 Å². The van der Waals surface area contributed by atoms with Crippen LogP contribution in [-0.4, -0.2) is 45.7 Å². The third-order valence-electron chi connectivity index (χ3n) is 3.74. The summed E-state index contributed by atoms with van der Waals surface area (Å²) in [6, 6.07) is 10.6. The molecule has 2 aromatic rings. The van der Waals surface area contributed by atoms with E-state index in [9.17, 15) is 17.6 Å². The van der Waals surface area contributed by atoms with Crippen LogP contribution in [-0.2, 0) is 21.4 Å². The summed E-state index contributed by atoms with van der Waals surface area (Å²) in [5, 5.41) is 2.37. The van der Waals surface area contributed by atoms with Gasteiger partial charge in [0, 0.05) is 6.54 Å². The van der Waals surface area contributed by atoms with E-state index in [4.69, 9.17) is 9.47 Å². The van der Waals surface area contributed by atoms with E-state index in [1.165, 1.54) is 32.4 Å². The minimum absolute atomic E-state index is 0.0120.